The zero-order valence-electron chi connectivity index (χ0n) is 8.66. The topological polar surface area (TPSA) is 30.5 Å². The third-order valence-electron chi connectivity index (χ3n) is 2.90. The molecule has 0 aromatic heterocycles. The van der Waals surface area contributed by atoms with Crippen LogP contribution < -0.4 is 14.8 Å². The standard InChI is InChI=1S/C12H15NO2/c1-2-9(1)6-13-7-10-3-4-11-12(5-10)15-8-14-11/h3-5,9,13H,1-2,6-8H2. The van der Waals surface area contributed by atoms with Crippen LogP contribution in [0.4, 0.5) is 0 Å². The molecule has 0 spiro atoms. The lowest BCUT2D eigenvalue weighted by molar-refractivity contribution is 0.174. The molecule has 1 aliphatic carbocycles. The van der Waals surface area contributed by atoms with Crippen molar-refractivity contribution < 1.29 is 9.47 Å². The number of hydrogen-bond donors (Lipinski definition) is 1. The second-order valence-electron chi connectivity index (χ2n) is 4.26. The van der Waals surface area contributed by atoms with Crippen LogP contribution in [0.1, 0.15) is 18.4 Å². The lowest BCUT2D eigenvalue weighted by atomic mass is 10.2. The first kappa shape index (κ1) is 9.04. The van der Waals surface area contributed by atoms with Crippen molar-refractivity contribution in [3.8, 4) is 11.5 Å². The monoisotopic (exact) mass is 205 g/mol. The van der Waals surface area contributed by atoms with Crippen molar-refractivity contribution in [3.05, 3.63) is 23.8 Å². The summed E-state index contributed by atoms with van der Waals surface area (Å²) in [6, 6.07) is 6.13. The van der Waals surface area contributed by atoms with Gasteiger partial charge in [-0.05, 0) is 43.0 Å². The molecule has 1 aliphatic heterocycles. The fourth-order valence-electron chi connectivity index (χ4n) is 1.79. The number of benzene rings is 1. The minimum absolute atomic E-state index is 0.355. The molecule has 0 saturated heterocycles. The van der Waals surface area contributed by atoms with Gasteiger partial charge >= 0.3 is 0 Å². The summed E-state index contributed by atoms with van der Waals surface area (Å²) in [5.74, 6) is 2.67. The summed E-state index contributed by atoms with van der Waals surface area (Å²) in [6.07, 6.45) is 2.79. The van der Waals surface area contributed by atoms with E-state index in [-0.39, 0.29) is 0 Å². The minimum Gasteiger partial charge on any atom is -0.454 e. The molecular weight excluding hydrogens is 190 g/mol. The highest BCUT2D eigenvalue weighted by atomic mass is 16.7. The summed E-state index contributed by atoms with van der Waals surface area (Å²) in [6.45, 7) is 2.43. The molecule has 0 radical (unpaired) electrons. The molecule has 3 nitrogen and oxygen atoms in total. The first-order chi connectivity index (χ1) is 7.42. The first-order valence-electron chi connectivity index (χ1n) is 5.51. The molecule has 0 atom stereocenters. The van der Waals surface area contributed by atoms with Gasteiger partial charge in [-0.15, -0.1) is 0 Å². The van der Waals surface area contributed by atoms with Crippen LogP contribution in [0.3, 0.4) is 0 Å². The van der Waals surface area contributed by atoms with Crippen molar-refractivity contribution in [2.45, 2.75) is 19.4 Å². The van der Waals surface area contributed by atoms with Gasteiger partial charge in [0.1, 0.15) is 0 Å². The van der Waals surface area contributed by atoms with E-state index in [2.05, 4.69) is 17.4 Å². The summed E-state index contributed by atoms with van der Waals surface area (Å²) >= 11 is 0. The molecular formula is C12H15NO2. The van der Waals surface area contributed by atoms with Gasteiger partial charge in [0.25, 0.3) is 0 Å². The average Bonchev–Trinajstić information content (AvgIpc) is 2.95. The van der Waals surface area contributed by atoms with Gasteiger partial charge in [-0.25, -0.2) is 0 Å². The fourth-order valence-corrected chi connectivity index (χ4v) is 1.79. The molecule has 1 aromatic carbocycles. The molecule has 15 heavy (non-hydrogen) atoms. The van der Waals surface area contributed by atoms with Crippen molar-refractivity contribution in [3.63, 3.8) is 0 Å². The van der Waals surface area contributed by atoms with Crippen LogP contribution in [0.15, 0.2) is 18.2 Å². The highest BCUT2D eigenvalue weighted by Crippen LogP contribution is 2.32. The molecule has 1 heterocycles. The molecule has 0 amide bonds. The number of ether oxygens (including phenoxy) is 2. The third kappa shape index (κ3) is 2.07. The Morgan fingerprint density at radius 2 is 2.07 bits per heavy atom. The summed E-state index contributed by atoms with van der Waals surface area (Å²) in [5.41, 5.74) is 1.26. The molecule has 3 heteroatoms. The Labute approximate surface area is 89.4 Å². The Morgan fingerprint density at radius 1 is 1.20 bits per heavy atom. The maximum atomic E-state index is 5.33. The fraction of sp³-hybridized carbons (Fsp3) is 0.500. The molecule has 0 unspecified atom stereocenters. The average molecular weight is 205 g/mol. The van der Waals surface area contributed by atoms with Crippen molar-refractivity contribution >= 4 is 0 Å². The Hall–Kier alpha value is -1.22. The van der Waals surface area contributed by atoms with Crippen molar-refractivity contribution in [2.24, 2.45) is 5.92 Å². The van der Waals surface area contributed by atoms with E-state index in [1.54, 1.807) is 0 Å². The number of hydrogen-bond acceptors (Lipinski definition) is 3. The van der Waals surface area contributed by atoms with Crippen LogP contribution in [0.5, 0.6) is 11.5 Å². The predicted octanol–water partition coefficient (Wildman–Crippen LogP) is 1.91. The van der Waals surface area contributed by atoms with Crippen molar-refractivity contribution in [2.75, 3.05) is 13.3 Å². The van der Waals surface area contributed by atoms with Gasteiger partial charge in [0.2, 0.25) is 6.79 Å². The SMILES string of the molecule is c1cc2c(cc1CNCC1CC1)OCO2. The van der Waals surface area contributed by atoms with Gasteiger partial charge < -0.3 is 14.8 Å². The molecule has 1 aromatic rings. The van der Waals surface area contributed by atoms with Gasteiger partial charge in [0.05, 0.1) is 0 Å². The molecule has 80 valence electrons. The normalized spacial score (nSPS) is 18.1. The van der Waals surface area contributed by atoms with Crippen LogP contribution in [-0.4, -0.2) is 13.3 Å². The molecule has 2 aliphatic rings. The van der Waals surface area contributed by atoms with Gasteiger partial charge in [-0.3, -0.25) is 0 Å². The highest BCUT2D eigenvalue weighted by molar-refractivity contribution is 5.44. The van der Waals surface area contributed by atoms with Gasteiger partial charge in [-0.1, -0.05) is 6.07 Å². The second-order valence-corrected chi connectivity index (χ2v) is 4.26. The van der Waals surface area contributed by atoms with Crippen LogP contribution in [0.2, 0.25) is 0 Å². The Bertz CT molecular complexity index is 361. The summed E-state index contributed by atoms with van der Waals surface area (Å²) in [4.78, 5) is 0. The zero-order valence-corrected chi connectivity index (χ0v) is 8.66. The van der Waals surface area contributed by atoms with E-state index in [1.807, 2.05) is 6.07 Å². The summed E-state index contributed by atoms with van der Waals surface area (Å²) < 4.78 is 10.6. The van der Waals surface area contributed by atoms with E-state index in [9.17, 15) is 0 Å². The van der Waals surface area contributed by atoms with E-state index < -0.39 is 0 Å². The first-order valence-corrected chi connectivity index (χ1v) is 5.51. The lowest BCUT2D eigenvalue weighted by Gasteiger charge is -2.04. The number of nitrogens with one attached hydrogen (secondary N) is 1. The Balaban J connectivity index is 1.59. The Kier molecular flexibility index (Phi) is 2.25. The molecule has 1 saturated carbocycles. The zero-order chi connectivity index (χ0) is 10.1. The van der Waals surface area contributed by atoms with E-state index in [4.69, 9.17) is 9.47 Å². The largest absolute Gasteiger partial charge is 0.454 e. The smallest absolute Gasteiger partial charge is 0.231 e. The van der Waals surface area contributed by atoms with E-state index in [0.29, 0.717) is 6.79 Å². The maximum absolute atomic E-state index is 5.33. The molecule has 0 bridgehead atoms. The molecule has 1 fully saturated rings. The van der Waals surface area contributed by atoms with Crippen LogP contribution in [0.25, 0.3) is 0 Å². The lowest BCUT2D eigenvalue weighted by Crippen LogP contribution is -2.15. The van der Waals surface area contributed by atoms with Gasteiger partial charge in [0.15, 0.2) is 11.5 Å². The van der Waals surface area contributed by atoms with E-state index >= 15 is 0 Å². The quantitative estimate of drug-likeness (QED) is 0.814. The predicted molar refractivity (Wildman–Crippen MR) is 57.0 cm³/mol. The van der Waals surface area contributed by atoms with Crippen LogP contribution in [-0.2, 0) is 6.54 Å². The maximum Gasteiger partial charge on any atom is 0.231 e. The number of fused-ring (bicyclic) bond motifs is 1. The van der Waals surface area contributed by atoms with Gasteiger partial charge in [0, 0.05) is 6.54 Å². The second kappa shape index (κ2) is 3.74. The van der Waals surface area contributed by atoms with Crippen LogP contribution >= 0.6 is 0 Å². The molecule has 3 rings (SSSR count). The van der Waals surface area contributed by atoms with Crippen LogP contribution in [0, 0.1) is 5.92 Å². The van der Waals surface area contributed by atoms with E-state index in [0.717, 1.165) is 30.5 Å². The van der Waals surface area contributed by atoms with Crippen molar-refractivity contribution in [1.29, 1.82) is 0 Å². The number of rotatable bonds is 4. The summed E-state index contributed by atoms with van der Waals surface area (Å²) in [7, 11) is 0. The third-order valence-corrected chi connectivity index (χ3v) is 2.90. The minimum atomic E-state index is 0.355. The van der Waals surface area contributed by atoms with Gasteiger partial charge in [-0.2, -0.15) is 0 Å². The Morgan fingerprint density at radius 3 is 2.93 bits per heavy atom. The highest BCUT2D eigenvalue weighted by Gasteiger charge is 2.20. The molecule has 1 N–H and O–H groups in total. The van der Waals surface area contributed by atoms with E-state index in [1.165, 1.54) is 18.4 Å². The summed E-state index contributed by atoms with van der Waals surface area (Å²) in [5, 5.41) is 3.46. The van der Waals surface area contributed by atoms with Crippen molar-refractivity contribution in [1.82, 2.24) is 5.32 Å².